The first kappa shape index (κ1) is 16.3. The molecule has 1 aromatic carbocycles. The Morgan fingerprint density at radius 1 is 1.24 bits per heavy atom. The molecule has 0 bridgehead atoms. The summed E-state index contributed by atoms with van der Waals surface area (Å²) in [5.41, 5.74) is 5.67. The van der Waals surface area contributed by atoms with Gasteiger partial charge < -0.3 is 5.73 Å². The lowest BCUT2D eigenvalue weighted by atomic mass is 10.0. The van der Waals surface area contributed by atoms with E-state index in [0.717, 1.165) is 18.6 Å². The maximum atomic E-state index is 14.0. The van der Waals surface area contributed by atoms with Crippen molar-refractivity contribution in [1.82, 2.24) is 4.31 Å². The zero-order chi connectivity index (χ0) is 15.8. The molecule has 0 amide bonds. The van der Waals surface area contributed by atoms with E-state index in [4.69, 9.17) is 5.73 Å². The normalized spacial score (nSPS) is 24.2. The van der Waals surface area contributed by atoms with Gasteiger partial charge in [0.2, 0.25) is 10.0 Å². The molecule has 1 fully saturated rings. The molecule has 0 spiro atoms. The molecule has 1 saturated heterocycles. The Morgan fingerprint density at radius 2 is 1.81 bits per heavy atom. The summed E-state index contributed by atoms with van der Waals surface area (Å²) >= 11 is 0. The third-order valence-electron chi connectivity index (χ3n) is 3.96. The van der Waals surface area contributed by atoms with Crippen molar-refractivity contribution in [1.29, 1.82) is 0 Å². The first-order chi connectivity index (χ1) is 9.78. The fourth-order valence-corrected chi connectivity index (χ4v) is 4.92. The molecule has 21 heavy (non-hydrogen) atoms. The van der Waals surface area contributed by atoms with Gasteiger partial charge in [-0.1, -0.05) is 6.42 Å². The van der Waals surface area contributed by atoms with Crippen molar-refractivity contribution in [2.75, 3.05) is 0 Å². The van der Waals surface area contributed by atoms with Crippen LogP contribution in [0.5, 0.6) is 0 Å². The highest BCUT2D eigenvalue weighted by atomic mass is 32.2. The largest absolute Gasteiger partial charge is 0.326 e. The Kier molecular flexibility index (Phi) is 4.65. The molecule has 2 atom stereocenters. The van der Waals surface area contributed by atoms with Crippen LogP contribution in [0.15, 0.2) is 17.0 Å². The summed E-state index contributed by atoms with van der Waals surface area (Å²) < 4.78 is 54.3. The van der Waals surface area contributed by atoms with Crippen LogP contribution in [0, 0.1) is 11.6 Å². The van der Waals surface area contributed by atoms with Gasteiger partial charge in [-0.05, 0) is 44.4 Å². The maximum Gasteiger partial charge on any atom is 0.246 e. The van der Waals surface area contributed by atoms with Crippen LogP contribution in [0.2, 0.25) is 0 Å². The van der Waals surface area contributed by atoms with E-state index in [-0.39, 0.29) is 24.2 Å². The van der Waals surface area contributed by atoms with Crippen LogP contribution in [0.4, 0.5) is 8.78 Å². The summed E-state index contributed by atoms with van der Waals surface area (Å²) in [6, 6.07) is 1.59. The number of sulfonamides is 1. The number of hydrogen-bond acceptors (Lipinski definition) is 3. The number of rotatable bonds is 3. The topological polar surface area (TPSA) is 63.4 Å². The molecule has 1 aromatic rings. The summed E-state index contributed by atoms with van der Waals surface area (Å²) in [5.74, 6) is -2.52. The third kappa shape index (κ3) is 2.95. The van der Waals surface area contributed by atoms with E-state index in [9.17, 15) is 17.2 Å². The van der Waals surface area contributed by atoms with E-state index in [0.29, 0.717) is 12.8 Å². The summed E-state index contributed by atoms with van der Waals surface area (Å²) in [5, 5.41) is 0. The number of halogens is 2. The highest BCUT2D eigenvalue weighted by Crippen LogP contribution is 2.31. The van der Waals surface area contributed by atoms with Gasteiger partial charge >= 0.3 is 0 Å². The Bertz CT molecular complexity index is 624. The molecule has 0 radical (unpaired) electrons. The molecule has 1 aliphatic rings. The molecule has 1 heterocycles. The SMILES string of the molecule is CC1CCCC(C)N1S(=O)(=O)c1cc(CN)cc(F)c1F. The molecule has 2 unspecified atom stereocenters. The van der Waals surface area contributed by atoms with Gasteiger partial charge in [0, 0.05) is 18.6 Å². The number of nitrogens with zero attached hydrogens (tertiary/aromatic N) is 1. The number of benzene rings is 1. The van der Waals surface area contributed by atoms with Gasteiger partial charge in [0.05, 0.1) is 0 Å². The van der Waals surface area contributed by atoms with Crippen molar-refractivity contribution in [3.8, 4) is 0 Å². The molecule has 1 aliphatic heterocycles. The predicted molar refractivity (Wildman–Crippen MR) is 76.0 cm³/mol. The predicted octanol–water partition coefficient (Wildman–Crippen LogP) is 2.38. The van der Waals surface area contributed by atoms with E-state index < -0.39 is 26.6 Å². The van der Waals surface area contributed by atoms with Crippen molar-refractivity contribution in [2.24, 2.45) is 5.73 Å². The lowest BCUT2D eigenvalue weighted by molar-refractivity contribution is 0.203. The number of piperidine rings is 1. The van der Waals surface area contributed by atoms with Crippen molar-refractivity contribution in [3.63, 3.8) is 0 Å². The summed E-state index contributed by atoms with van der Waals surface area (Å²) in [6.45, 7) is 3.52. The van der Waals surface area contributed by atoms with Crippen molar-refractivity contribution < 1.29 is 17.2 Å². The van der Waals surface area contributed by atoms with Crippen LogP contribution < -0.4 is 5.73 Å². The Labute approximate surface area is 124 Å². The zero-order valence-electron chi connectivity index (χ0n) is 12.1. The molecular formula is C14H20F2N2O2S. The second-order valence-electron chi connectivity index (χ2n) is 5.56. The smallest absolute Gasteiger partial charge is 0.246 e. The second-order valence-corrected chi connectivity index (χ2v) is 7.37. The van der Waals surface area contributed by atoms with Gasteiger partial charge in [-0.15, -0.1) is 0 Å². The van der Waals surface area contributed by atoms with E-state index in [1.54, 1.807) is 13.8 Å². The second kappa shape index (κ2) is 5.98. The first-order valence-corrected chi connectivity index (χ1v) is 8.44. The minimum atomic E-state index is -4.08. The first-order valence-electron chi connectivity index (χ1n) is 7.00. The number of nitrogens with two attached hydrogens (primary N) is 1. The van der Waals surface area contributed by atoms with E-state index >= 15 is 0 Å². The van der Waals surface area contributed by atoms with Crippen molar-refractivity contribution >= 4 is 10.0 Å². The van der Waals surface area contributed by atoms with Crippen LogP contribution >= 0.6 is 0 Å². The van der Waals surface area contributed by atoms with Crippen molar-refractivity contribution in [3.05, 3.63) is 29.3 Å². The monoisotopic (exact) mass is 318 g/mol. The third-order valence-corrected chi connectivity index (χ3v) is 6.09. The average Bonchev–Trinajstić information content (AvgIpc) is 2.41. The fraction of sp³-hybridized carbons (Fsp3) is 0.571. The van der Waals surface area contributed by atoms with E-state index in [1.165, 1.54) is 4.31 Å². The van der Waals surface area contributed by atoms with Gasteiger partial charge in [0.15, 0.2) is 11.6 Å². The molecule has 0 saturated carbocycles. The molecule has 0 aliphatic carbocycles. The summed E-state index contributed by atoms with van der Waals surface area (Å²) in [6.07, 6.45) is 2.35. The van der Waals surface area contributed by atoms with Crippen LogP contribution in [-0.2, 0) is 16.6 Å². The van der Waals surface area contributed by atoms with Crippen LogP contribution in [0.25, 0.3) is 0 Å². The molecular weight excluding hydrogens is 298 g/mol. The lowest BCUT2D eigenvalue weighted by Crippen LogP contribution is -2.47. The summed E-state index contributed by atoms with van der Waals surface area (Å²) in [7, 11) is -4.08. The van der Waals surface area contributed by atoms with Gasteiger partial charge in [-0.3, -0.25) is 0 Å². The average molecular weight is 318 g/mol. The van der Waals surface area contributed by atoms with Crippen LogP contribution in [0.1, 0.15) is 38.7 Å². The molecule has 7 heteroatoms. The quantitative estimate of drug-likeness (QED) is 0.930. The van der Waals surface area contributed by atoms with Gasteiger partial charge in [-0.2, -0.15) is 4.31 Å². The Morgan fingerprint density at radius 3 is 2.33 bits per heavy atom. The van der Waals surface area contributed by atoms with Crippen LogP contribution in [0.3, 0.4) is 0 Å². The Balaban J connectivity index is 2.55. The van der Waals surface area contributed by atoms with Crippen molar-refractivity contribution in [2.45, 2.75) is 56.6 Å². The number of hydrogen-bond donors (Lipinski definition) is 1. The van der Waals surface area contributed by atoms with Gasteiger partial charge in [0.25, 0.3) is 0 Å². The zero-order valence-corrected chi connectivity index (χ0v) is 13.0. The molecule has 2 rings (SSSR count). The molecule has 2 N–H and O–H groups in total. The molecule has 118 valence electrons. The highest BCUT2D eigenvalue weighted by molar-refractivity contribution is 7.89. The van der Waals surface area contributed by atoms with Crippen LogP contribution in [-0.4, -0.2) is 24.8 Å². The lowest BCUT2D eigenvalue weighted by Gasteiger charge is -2.37. The minimum absolute atomic E-state index is 0.0508. The van der Waals surface area contributed by atoms with E-state index in [1.807, 2.05) is 0 Å². The van der Waals surface area contributed by atoms with E-state index in [2.05, 4.69) is 0 Å². The maximum absolute atomic E-state index is 14.0. The Hall–Kier alpha value is -1.05. The minimum Gasteiger partial charge on any atom is -0.326 e. The summed E-state index contributed by atoms with van der Waals surface area (Å²) in [4.78, 5) is -0.622. The molecule has 0 aromatic heterocycles. The fourth-order valence-electron chi connectivity index (χ4n) is 2.91. The standard InChI is InChI=1S/C14H20F2N2O2S/c1-9-4-3-5-10(2)18(9)21(19,20)13-7-11(8-17)6-12(15)14(13)16/h6-7,9-10H,3-5,8,17H2,1-2H3. The van der Waals surface area contributed by atoms with Gasteiger partial charge in [-0.25, -0.2) is 17.2 Å². The van der Waals surface area contributed by atoms with Gasteiger partial charge in [0.1, 0.15) is 4.90 Å². The molecule has 4 nitrogen and oxygen atoms in total. The highest BCUT2D eigenvalue weighted by Gasteiger charge is 2.37.